The topological polar surface area (TPSA) is 52.0 Å². The Balaban J connectivity index is 2.62. The molecule has 0 aliphatic heterocycles. The molecule has 0 spiro atoms. The van der Waals surface area contributed by atoms with Gasteiger partial charge in [-0.25, -0.2) is 4.39 Å². The van der Waals surface area contributed by atoms with Gasteiger partial charge in [0.05, 0.1) is 5.56 Å². The van der Waals surface area contributed by atoms with Crippen molar-refractivity contribution in [3.8, 4) is 11.3 Å². The number of nitrogens with zero attached hydrogens (tertiary/aromatic N) is 1. The number of aromatic nitrogens is 1. The van der Waals surface area contributed by atoms with Gasteiger partial charge in [0.15, 0.2) is 11.6 Å². The Hall–Kier alpha value is -1.36. The lowest BCUT2D eigenvalue weighted by molar-refractivity contribution is 0.432. The van der Waals surface area contributed by atoms with E-state index in [1.54, 1.807) is 12.1 Å². The molecule has 0 saturated heterocycles. The third-order valence-electron chi connectivity index (χ3n) is 2.35. The fraction of sp³-hybridized carbons (Fsp3) is 0.182. The van der Waals surface area contributed by atoms with Crippen LogP contribution in [0.25, 0.3) is 11.3 Å². The highest BCUT2D eigenvalue weighted by Gasteiger charge is 2.17. The van der Waals surface area contributed by atoms with Crippen LogP contribution in [0.4, 0.5) is 10.2 Å². The number of hydrogen-bond acceptors (Lipinski definition) is 3. The first-order valence-corrected chi connectivity index (χ1v) is 5.62. The van der Waals surface area contributed by atoms with Crippen LogP contribution in [-0.4, -0.2) is 5.16 Å². The van der Waals surface area contributed by atoms with Crippen molar-refractivity contribution in [3.63, 3.8) is 0 Å². The van der Waals surface area contributed by atoms with Crippen LogP contribution in [0.1, 0.15) is 12.5 Å². The van der Waals surface area contributed by atoms with Gasteiger partial charge < -0.3 is 10.3 Å². The Labute approximate surface area is 101 Å². The maximum atomic E-state index is 13.6. The van der Waals surface area contributed by atoms with Crippen LogP contribution < -0.4 is 5.73 Å². The van der Waals surface area contributed by atoms with Crippen molar-refractivity contribution < 1.29 is 8.91 Å². The molecule has 0 radical (unpaired) electrons. The number of nitrogen functional groups attached to an aromatic ring is 1. The van der Waals surface area contributed by atoms with Crippen LogP contribution in [0.5, 0.6) is 0 Å². The van der Waals surface area contributed by atoms with Crippen LogP contribution in [-0.2, 0) is 6.42 Å². The first kappa shape index (κ1) is 11.1. The second-order valence-electron chi connectivity index (χ2n) is 3.35. The van der Waals surface area contributed by atoms with Gasteiger partial charge >= 0.3 is 0 Å². The molecule has 1 aromatic heterocycles. The predicted molar refractivity (Wildman–Crippen MR) is 63.4 cm³/mol. The lowest BCUT2D eigenvalue weighted by Gasteiger charge is -2.02. The quantitative estimate of drug-likeness (QED) is 0.920. The van der Waals surface area contributed by atoms with E-state index in [0.717, 1.165) is 10.0 Å². The van der Waals surface area contributed by atoms with Crippen LogP contribution in [0.3, 0.4) is 0 Å². The molecule has 2 aromatic rings. The summed E-state index contributed by atoms with van der Waals surface area (Å²) in [6.45, 7) is 1.92. The van der Waals surface area contributed by atoms with E-state index in [1.807, 2.05) is 6.92 Å². The largest absolute Gasteiger partial charge is 0.381 e. The van der Waals surface area contributed by atoms with Gasteiger partial charge in [-0.3, -0.25) is 0 Å². The van der Waals surface area contributed by atoms with E-state index in [4.69, 9.17) is 10.3 Å². The van der Waals surface area contributed by atoms with E-state index in [9.17, 15) is 4.39 Å². The number of hydrogen-bond donors (Lipinski definition) is 1. The van der Waals surface area contributed by atoms with Crippen molar-refractivity contribution >= 4 is 21.7 Å². The fourth-order valence-corrected chi connectivity index (χ4v) is 1.91. The summed E-state index contributed by atoms with van der Waals surface area (Å²) in [4.78, 5) is 0. The number of benzene rings is 1. The van der Waals surface area contributed by atoms with Gasteiger partial charge in [0.1, 0.15) is 5.82 Å². The van der Waals surface area contributed by atoms with E-state index >= 15 is 0 Å². The molecule has 0 amide bonds. The molecule has 3 nitrogen and oxygen atoms in total. The normalized spacial score (nSPS) is 10.7. The standard InChI is InChI=1S/C11H10BrFN2O/c1-2-7-10(16-15-11(7)14)8-5-6(12)3-4-9(8)13/h3-5H,2H2,1H3,(H2,14,15). The summed E-state index contributed by atoms with van der Waals surface area (Å²) in [5.41, 5.74) is 6.74. The first-order valence-electron chi connectivity index (χ1n) is 4.83. The molecule has 1 aromatic carbocycles. The zero-order valence-corrected chi connectivity index (χ0v) is 10.2. The van der Waals surface area contributed by atoms with E-state index < -0.39 is 0 Å². The maximum Gasteiger partial charge on any atom is 0.175 e. The van der Waals surface area contributed by atoms with Crippen LogP contribution >= 0.6 is 15.9 Å². The first-order chi connectivity index (χ1) is 7.63. The third kappa shape index (κ3) is 1.82. The van der Waals surface area contributed by atoms with Crippen LogP contribution in [0.2, 0.25) is 0 Å². The van der Waals surface area contributed by atoms with E-state index in [1.165, 1.54) is 6.07 Å². The molecule has 84 valence electrons. The SMILES string of the molecule is CCc1c(N)noc1-c1cc(Br)ccc1F. The lowest BCUT2D eigenvalue weighted by atomic mass is 10.1. The van der Waals surface area contributed by atoms with Crippen LogP contribution in [0.15, 0.2) is 27.2 Å². The lowest BCUT2D eigenvalue weighted by Crippen LogP contribution is -1.92. The van der Waals surface area contributed by atoms with Gasteiger partial charge in [0.25, 0.3) is 0 Å². The second-order valence-corrected chi connectivity index (χ2v) is 4.27. The van der Waals surface area contributed by atoms with E-state index in [2.05, 4.69) is 21.1 Å². The number of nitrogens with two attached hydrogens (primary N) is 1. The Morgan fingerprint density at radius 1 is 1.50 bits per heavy atom. The summed E-state index contributed by atoms with van der Waals surface area (Å²) in [5, 5.41) is 3.66. The van der Waals surface area contributed by atoms with E-state index in [-0.39, 0.29) is 5.82 Å². The smallest absolute Gasteiger partial charge is 0.175 e. The summed E-state index contributed by atoms with van der Waals surface area (Å²) in [6, 6.07) is 4.65. The molecule has 0 aliphatic carbocycles. The number of anilines is 1. The van der Waals surface area contributed by atoms with Crippen molar-refractivity contribution in [2.24, 2.45) is 0 Å². The van der Waals surface area contributed by atoms with Crippen molar-refractivity contribution in [1.29, 1.82) is 0 Å². The third-order valence-corrected chi connectivity index (χ3v) is 2.84. The maximum absolute atomic E-state index is 13.6. The number of rotatable bonds is 2. The highest BCUT2D eigenvalue weighted by atomic mass is 79.9. The average molecular weight is 285 g/mol. The minimum Gasteiger partial charge on any atom is -0.381 e. The Kier molecular flexibility index (Phi) is 2.96. The molecule has 0 saturated carbocycles. The molecule has 0 fully saturated rings. The van der Waals surface area contributed by atoms with Gasteiger partial charge in [-0.05, 0) is 24.6 Å². The molecule has 0 atom stereocenters. The molecule has 5 heteroatoms. The fourth-order valence-electron chi connectivity index (χ4n) is 1.55. The zero-order chi connectivity index (χ0) is 11.7. The Bertz CT molecular complexity index is 525. The molecule has 1 heterocycles. The average Bonchev–Trinajstić information content (AvgIpc) is 2.63. The molecule has 16 heavy (non-hydrogen) atoms. The zero-order valence-electron chi connectivity index (χ0n) is 8.63. The highest BCUT2D eigenvalue weighted by Crippen LogP contribution is 2.31. The highest BCUT2D eigenvalue weighted by molar-refractivity contribution is 9.10. The monoisotopic (exact) mass is 284 g/mol. The van der Waals surface area contributed by atoms with Gasteiger partial charge in [-0.1, -0.05) is 28.0 Å². The summed E-state index contributed by atoms with van der Waals surface area (Å²) < 4.78 is 19.5. The van der Waals surface area contributed by atoms with Gasteiger partial charge in [0, 0.05) is 10.0 Å². The van der Waals surface area contributed by atoms with Gasteiger partial charge in [0.2, 0.25) is 0 Å². The van der Waals surface area contributed by atoms with E-state index in [0.29, 0.717) is 23.6 Å². The van der Waals surface area contributed by atoms with Gasteiger partial charge in [-0.2, -0.15) is 0 Å². The van der Waals surface area contributed by atoms with Gasteiger partial charge in [-0.15, -0.1) is 0 Å². The molecule has 0 aliphatic rings. The Morgan fingerprint density at radius 3 is 2.94 bits per heavy atom. The van der Waals surface area contributed by atoms with Crippen molar-refractivity contribution in [2.75, 3.05) is 5.73 Å². The molecule has 2 N–H and O–H groups in total. The van der Waals surface area contributed by atoms with Crippen LogP contribution in [0, 0.1) is 5.82 Å². The van der Waals surface area contributed by atoms with Crippen molar-refractivity contribution in [1.82, 2.24) is 5.16 Å². The summed E-state index contributed by atoms with van der Waals surface area (Å²) in [7, 11) is 0. The summed E-state index contributed by atoms with van der Waals surface area (Å²) >= 11 is 3.29. The predicted octanol–water partition coefficient (Wildman–Crippen LogP) is 3.39. The molecule has 2 rings (SSSR count). The molecular formula is C11H10BrFN2O. The molecule has 0 bridgehead atoms. The molecular weight excluding hydrogens is 275 g/mol. The van der Waals surface area contributed by atoms with Crippen molar-refractivity contribution in [3.05, 3.63) is 34.1 Å². The number of halogens is 2. The summed E-state index contributed by atoms with van der Waals surface area (Å²) in [6.07, 6.45) is 0.649. The molecule has 0 unspecified atom stereocenters. The second kappa shape index (κ2) is 4.25. The minimum absolute atomic E-state index is 0.317. The van der Waals surface area contributed by atoms with Crippen molar-refractivity contribution in [2.45, 2.75) is 13.3 Å². The summed E-state index contributed by atoms with van der Waals surface area (Å²) in [5.74, 6) is 0.365. The Morgan fingerprint density at radius 2 is 2.25 bits per heavy atom. The minimum atomic E-state index is -0.353.